The molecule has 0 radical (unpaired) electrons. The number of hydrogen-bond acceptors (Lipinski definition) is 2. The van der Waals surface area contributed by atoms with Crippen LogP contribution >= 0.6 is 0 Å². The van der Waals surface area contributed by atoms with E-state index in [4.69, 9.17) is 10.5 Å². The number of hydrogen-bond donors (Lipinski definition) is 1. The van der Waals surface area contributed by atoms with Crippen molar-refractivity contribution in [2.45, 2.75) is 65.0 Å². The molecule has 2 heteroatoms. The van der Waals surface area contributed by atoms with E-state index in [9.17, 15) is 0 Å². The van der Waals surface area contributed by atoms with Crippen molar-refractivity contribution in [3.05, 3.63) is 29.8 Å². The van der Waals surface area contributed by atoms with Gasteiger partial charge in [-0.25, -0.2) is 0 Å². The molecule has 1 rings (SSSR count). The van der Waals surface area contributed by atoms with Gasteiger partial charge in [-0.15, -0.1) is 0 Å². The van der Waals surface area contributed by atoms with Gasteiger partial charge in [-0.3, -0.25) is 0 Å². The summed E-state index contributed by atoms with van der Waals surface area (Å²) in [5.41, 5.74) is 7.05. The van der Waals surface area contributed by atoms with Gasteiger partial charge in [0.05, 0.1) is 6.10 Å². The standard InChI is InChI=1S/C16H27NO/c1-4-5-6-7-10-13(2)18-16-12-9-8-11-15(16)14(3)17/h8-9,11-14H,4-7,10,17H2,1-3H3. The van der Waals surface area contributed by atoms with Crippen LogP contribution in [0.15, 0.2) is 24.3 Å². The molecule has 0 saturated heterocycles. The van der Waals surface area contributed by atoms with Crippen molar-refractivity contribution in [3.8, 4) is 5.75 Å². The summed E-state index contributed by atoms with van der Waals surface area (Å²) in [7, 11) is 0. The lowest BCUT2D eigenvalue weighted by atomic mass is 10.1. The lowest BCUT2D eigenvalue weighted by Crippen LogP contribution is -2.15. The highest BCUT2D eigenvalue weighted by Crippen LogP contribution is 2.25. The first-order chi connectivity index (χ1) is 8.65. The summed E-state index contributed by atoms with van der Waals surface area (Å²) in [6.07, 6.45) is 6.54. The minimum atomic E-state index is 0.0218. The number of ether oxygens (including phenoxy) is 1. The largest absolute Gasteiger partial charge is 0.490 e. The minimum absolute atomic E-state index is 0.0218. The molecule has 0 fully saturated rings. The third kappa shape index (κ3) is 5.09. The van der Waals surface area contributed by atoms with Crippen LogP contribution < -0.4 is 10.5 Å². The SMILES string of the molecule is CCCCCCC(C)Oc1ccccc1C(C)N. The Morgan fingerprint density at radius 2 is 1.83 bits per heavy atom. The third-order valence-corrected chi connectivity index (χ3v) is 3.20. The van der Waals surface area contributed by atoms with Crippen LogP contribution in [0.1, 0.15) is 64.5 Å². The van der Waals surface area contributed by atoms with Gasteiger partial charge in [-0.1, -0.05) is 44.4 Å². The van der Waals surface area contributed by atoms with Gasteiger partial charge in [0.1, 0.15) is 5.75 Å². The molecule has 2 nitrogen and oxygen atoms in total. The number of para-hydroxylation sites is 1. The second kappa shape index (κ2) is 8.15. The molecule has 0 saturated carbocycles. The first kappa shape index (κ1) is 15.0. The van der Waals surface area contributed by atoms with Crippen molar-refractivity contribution in [3.63, 3.8) is 0 Å². The molecular formula is C16H27NO. The normalized spacial score (nSPS) is 14.2. The van der Waals surface area contributed by atoms with Crippen molar-refractivity contribution in [2.24, 2.45) is 5.73 Å². The van der Waals surface area contributed by atoms with Gasteiger partial charge < -0.3 is 10.5 Å². The van der Waals surface area contributed by atoms with Crippen LogP contribution in [-0.2, 0) is 0 Å². The van der Waals surface area contributed by atoms with Crippen LogP contribution in [0, 0.1) is 0 Å². The molecule has 0 heterocycles. The summed E-state index contributed by atoms with van der Waals surface area (Å²) in [4.78, 5) is 0. The average molecular weight is 249 g/mol. The fourth-order valence-corrected chi connectivity index (χ4v) is 2.10. The maximum atomic E-state index is 6.01. The Labute approximate surface area is 112 Å². The topological polar surface area (TPSA) is 35.2 Å². The van der Waals surface area contributed by atoms with Crippen LogP contribution in [-0.4, -0.2) is 6.10 Å². The molecule has 0 amide bonds. The molecule has 0 bridgehead atoms. The highest BCUT2D eigenvalue weighted by atomic mass is 16.5. The second-order valence-corrected chi connectivity index (χ2v) is 5.10. The van der Waals surface area contributed by atoms with Gasteiger partial charge in [-0.2, -0.15) is 0 Å². The molecule has 0 aromatic heterocycles. The van der Waals surface area contributed by atoms with Crippen LogP contribution in [0.25, 0.3) is 0 Å². The summed E-state index contributed by atoms with van der Waals surface area (Å²) in [6.45, 7) is 6.37. The Morgan fingerprint density at radius 1 is 1.11 bits per heavy atom. The molecule has 2 N–H and O–H groups in total. The van der Waals surface area contributed by atoms with Crippen molar-refractivity contribution < 1.29 is 4.74 Å². The van der Waals surface area contributed by atoms with Crippen molar-refractivity contribution in [2.75, 3.05) is 0 Å². The third-order valence-electron chi connectivity index (χ3n) is 3.20. The van der Waals surface area contributed by atoms with Crippen molar-refractivity contribution in [1.82, 2.24) is 0 Å². The van der Waals surface area contributed by atoms with Gasteiger partial charge in [0.2, 0.25) is 0 Å². The van der Waals surface area contributed by atoms with Gasteiger partial charge in [0.25, 0.3) is 0 Å². The maximum absolute atomic E-state index is 6.01. The molecule has 102 valence electrons. The number of rotatable bonds is 8. The van der Waals surface area contributed by atoms with Crippen LogP contribution in [0.2, 0.25) is 0 Å². The Kier molecular flexibility index (Phi) is 6.81. The Bertz CT molecular complexity index is 336. The molecule has 0 spiro atoms. The molecule has 0 aliphatic rings. The fraction of sp³-hybridized carbons (Fsp3) is 0.625. The van der Waals surface area contributed by atoms with Gasteiger partial charge in [0, 0.05) is 11.6 Å². The number of nitrogens with two attached hydrogens (primary N) is 1. The zero-order valence-electron chi connectivity index (χ0n) is 12.0. The summed E-state index contributed by atoms with van der Waals surface area (Å²) >= 11 is 0. The fourth-order valence-electron chi connectivity index (χ4n) is 2.10. The zero-order valence-corrected chi connectivity index (χ0v) is 12.0. The van der Waals surface area contributed by atoms with Crippen LogP contribution in [0.3, 0.4) is 0 Å². The van der Waals surface area contributed by atoms with E-state index in [1.54, 1.807) is 0 Å². The Balaban J connectivity index is 2.46. The molecule has 2 atom stereocenters. The summed E-state index contributed by atoms with van der Waals surface area (Å²) < 4.78 is 6.01. The summed E-state index contributed by atoms with van der Waals surface area (Å²) in [5, 5.41) is 0. The summed E-state index contributed by atoms with van der Waals surface area (Å²) in [5.74, 6) is 0.940. The average Bonchev–Trinajstić information content (AvgIpc) is 2.35. The molecule has 1 aromatic rings. The van der Waals surface area contributed by atoms with E-state index < -0.39 is 0 Å². The number of unbranched alkanes of at least 4 members (excludes halogenated alkanes) is 3. The smallest absolute Gasteiger partial charge is 0.124 e. The highest BCUT2D eigenvalue weighted by Gasteiger charge is 2.10. The van der Waals surface area contributed by atoms with Gasteiger partial charge in [0.15, 0.2) is 0 Å². The van der Waals surface area contributed by atoms with E-state index in [-0.39, 0.29) is 12.1 Å². The quantitative estimate of drug-likeness (QED) is 0.691. The monoisotopic (exact) mass is 249 g/mol. The lowest BCUT2D eigenvalue weighted by Gasteiger charge is -2.18. The van der Waals surface area contributed by atoms with E-state index in [1.807, 2.05) is 31.2 Å². The van der Waals surface area contributed by atoms with Crippen LogP contribution in [0.4, 0.5) is 0 Å². The zero-order chi connectivity index (χ0) is 13.4. The molecule has 18 heavy (non-hydrogen) atoms. The van der Waals surface area contributed by atoms with E-state index in [0.717, 1.165) is 17.7 Å². The Morgan fingerprint density at radius 3 is 2.50 bits per heavy atom. The van der Waals surface area contributed by atoms with E-state index in [1.165, 1.54) is 25.7 Å². The predicted molar refractivity (Wildman–Crippen MR) is 77.9 cm³/mol. The maximum Gasteiger partial charge on any atom is 0.124 e. The molecule has 1 aromatic carbocycles. The molecule has 0 aliphatic carbocycles. The first-order valence-electron chi connectivity index (χ1n) is 7.16. The van der Waals surface area contributed by atoms with E-state index >= 15 is 0 Å². The summed E-state index contributed by atoms with van der Waals surface area (Å²) in [6, 6.07) is 8.10. The van der Waals surface area contributed by atoms with Crippen molar-refractivity contribution >= 4 is 0 Å². The van der Waals surface area contributed by atoms with Crippen LogP contribution in [0.5, 0.6) is 5.75 Å². The predicted octanol–water partition coefficient (Wildman–Crippen LogP) is 4.44. The molecule has 2 unspecified atom stereocenters. The molecular weight excluding hydrogens is 222 g/mol. The first-order valence-corrected chi connectivity index (χ1v) is 7.16. The number of benzene rings is 1. The van der Waals surface area contributed by atoms with Gasteiger partial charge >= 0.3 is 0 Å². The minimum Gasteiger partial charge on any atom is -0.490 e. The molecule has 0 aliphatic heterocycles. The second-order valence-electron chi connectivity index (χ2n) is 5.10. The van der Waals surface area contributed by atoms with E-state index in [0.29, 0.717) is 0 Å². The highest BCUT2D eigenvalue weighted by molar-refractivity contribution is 5.35. The lowest BCUT2D eigenvalue weighted by molar-refractivity contribution is 0.203. The van der Waals surface area contributed by atoms with Gasteiger partial charge in [-0.05, 0) is 32.8 Å². The van der Waals surface area contributed by atoms with Crippen molar-refractivity contribution in [1.29, 1.82) is 0 Å². The van der Waals surface area contributed by atoms with E-state index in [2.05, 4.69) is 13.8 Å². The Hall–Kier alpha value is -1.02.